The summed E-state index contributed by atoms with van der Waals surface area (Å²) in [5.41, 5.74) is 1.60. The first-order valence-electron chi connectivity index (χ1n) is 6.14. The standard InChI is InChI=1S/C14H16Cl2N2O/c1-9(2)18-6-5-11(17-18)8-14(19)10-3-4-12(15)13(16)7-10/h3-7,9,14,19H,8H2,1-2H3. The minimum Gasteiger partial charge on any atom is -0.388 e. The lowest BCUT2D eigenvalue weighted by molar-refractivity contribution is 0.177. The highest BCUT2D eigenvalue weighted by Gasteiger charge is 2.12. The maximum atomic E-state index is 10.2. The quantitative estimate of drug-likeness (QED) is 0.925. The van der Waals surface area contributed by atoms with E-state index in [0.29, 0.717) is 22.5 Å². The second-order valence-corrected chi connectivity index (χ2v) is 5.59. The lowest BCUT2D eigenvalue weighted by Crippen LogP contribution is -2.05. The summed E-state index contributed by atoms with van der Waals surface area (Å²) >= 11 is 11.8. The zero-order valence-corrected chi connectivity index (χ0v) is 12.4. The first kappa shape index (κ1) is 14.4. The first-order chi connectivity index (χ1) is 8.97. The van der Waals surface area contributed by atoms with E-state index in [9.17, 15) is 5.11 Å². The smallest absolute Gasteiger partial charge is 0.0846 e. The highest BCUT2D eigenvalue weighted by Crippen LogP contribution is 2.27. The number of hydrogen-bond donors (Lipinski definition) is 1. The number of hydrogen-bond acceptors (Lipinski definition) is 2. The summed E-state index contributed by atoms with van der Waals surface area (Å²) in [5, 5.41) is 15.5. The molecule has 2 rings (SSSR count). The van der Waals surface area contributed by atoms with Crippen molar-refractivity contribution in [2.24, 2.45) is 0 Å². The third-order valence-corrected chi connectivity index (χ3v) is 3.66. The van der Waals surface area contributed by atoms with Gasteiger partial charge in [0.05, 0.1) is 21.8 Å². The van der Waals surface area contributed by atoms with Crippen molar-refractivity contribution in [1.29, 1.82) is 0 Å². The molecule has 5 heteroatoms. The Kier molecular flexibility index (Phi) is 4.50. The fourth-order valence-corrected chi connectivity index (χ4v) is 2.12. The monoisotopic (exact) mass is 298 g/mol. The van der Waals surface area contributed by atoms with Crippen molar-refractivity contribution in [2.45, 2.75) is 32.4 Å². The molecule has 1 heterocycles. The molecule has 1 N–H and O–H groups in total. The minimum atomic E-state index is -0.634. The maximum Gasteiger partial charge on any atom is 0.0846 e. The highest BCUT2D eigenvalue weighted by atomic mass is 35.5. The molecule has 1 aromatic carbocycles. The molecule has 2 aromatic rings. The van der Waals surface area contributed by atoms with Crippen LogP contribution in [-0.4, -0.2) is 14.9 Å². The minimum absolute atomic E-state index is 0.316. The second kappa shape index (κ2) is 5.95. The van der Waals surface area contributed by atoms with Crippen molar-refractivity contribution in [3.05, 3.63) is 51.8 Å². The van der Waals surface area contributed by atoms with Gasteiger partial charge in [0.2, 0.25) is 0 Å². The van der Waals surface area contributed by atoms with Gasteiger partial charge in [-0.2, -0.15) is 5.10 Å². The van der Waals surface area contributed by atoms with Crippen LogP contribution in [0.5, 0.6) is 0 Å². The molecule has 0 amide bonds. The SMILES string of the molecule is CC(C)n1ccc(CC(O)c2ccc(Cl)c(Cl)c2)n1. The van der Waals surface area contributed by atoms with Gasteiger partial charge in [0.15, 0.2) is 0 Å². The number of aliphatic hydroxyl groups is 1. The predicted molar refractivity (Wildman–Crippen MR) is 77.7 cm³/mol. The van der Waals surface area contributed by atoms with Gasteiger partial charge in [-0.25, -0.2) is 0 Å². The Morgan fingerprint density at radius 1 is 1.21 bits per heavy atom. The van der Waals surface area contributed by atoms with Gasteiger partial charge < -0.3 is 5.11 Å². The summed E-state index contributed by atoms with van der Waals surface area (Å²) in [6.07, 6.45) is 1.74. The van der Waals surface area contributed by atoms with Gasteiger partial charge in [-0.1, -0.05) is 29.3 Å². The van der Waals surface area contributed by atoms with Crippen LogP contribution in [0.3, 0.4) is 0 Å². The summed E-state index contributed by atoms with van der Waals surface area (Å²) < 4.78 is 1.87. The van der Waals surface area contributed by atoms with Crippen molar-refractivity contribution in [1.82, 2.24) is 9.78 Å². The number of aliphatic hydroxyl groups excluding tert-OH is 1. The van der Waals surface area contributed by atoms with Gasteiger partial charge in [0.1, 0.15) is 0 Å². The molecular formula is C14H16Cl2N2O. The summed E-state index contributed by atoms with van der Waals surface area (Å²) in [7, 11) is 0. The highest BCUT2D eigenvalue weighted by molar-refractivity contribution is 6.42. The Balaban J connectivity index is 2.11. The molecule has 0 saturated heterocycles. The fourth-order valence-electron chi connectivity index (χ4n) is 1.81. The molecule has 1 atom stereocenters. The summed E-state index contributed by atoms with van der Waals surface area (Å²) in [6.45, 7) is 4.12. The van der Waals surface area contributed by atoms with E-state index in [1.54, 1.807) is 18.2 Å². The van der Waals surface area contributed by atoms with E-state index in [-0.39, 0.29) is 0 Å². The summed E-state index contributed by atoms with van der Waals surface area (Å²) in [6, 6.07) is 7.39. The summed E-state index contributed by atoms with van der Waals surface area (Å²) in [5.74, 6) is 0. The molecule has 3 nitrogen and oxygen atoms in total. The van der Waals surface area contributed by atoms with Crippen LogP contribution < -0.4 is 0 Å². The normalized spacial score (nSPS) is 12.9. The number of benzene rings is 1. The number of rotatable bonds is 4. The van der Waals surface area contributed by atoms with Crippen molar-refractivity contribution in [2.75, 3.05) is 0 Å². The van der Waals surface area contributed by atoms with Crippen molar-refractivity contribution in [3.8, 4) is 0 Å². The van der Waals surface area contributed by atoms with E-state index in [1.165, 1.54) is 0 Å². The van der Waals surface area contributed by atoms with Gasteiger partial charge >= 0.3 is 0 Å². The van der Waals surface area contributed by atoms with E-state index in [2.05, 4.69) is 18.9 Å². The topological polar surface area (TPSA) is 38.0 Å². The average molecular weight is 299 g/mol. The zero-order valence-electron chi connectivity index (χ0n) is 10.8. The third kappa shape index (κ3) is 3.50. The van der Waals surface area contributed by atoms with Crippen LogP contribution >= 0.6 is 23.2 Å². The van der Waals surface area contributed by atoms with Crippen LogP contribution in [0, 0.1) is 0 Å². The molecular weight excluding hydrogens is 283 g/mol. The van der Waals surface area contributed by atoms with Gasteiger partial charge in [-0.15, -0.1) is 0 Å². The van der Waals surface area contributed by atoms with E-state index in [1.807, 2.05) is 16.9 Å². The molecule has 0 aliphatic rings. The second-order valence-electron chi connectivity index (χ2n) is 4.77. The molecule has 19 heavy (non-hydrogen) atoms. The van der Waals surface area contributed by atoms with Gasteiger partial charge in [0, 0.05) is 18.7 Å². The lowest BCUT2D eigenvalue weighted by atomic mass is 10.1. The molecule has 0 radical (unpaired) electrons. The largest absolute Gasteiger partial charge is 0.388 e. The lowest BCUT2D eigenvalue weighted by Gasteiger charge is -2.10. The van der Waals surface area contributed by atoms with Gasteiger partial charge in [-0.05, 0) is 37.6 Å². The number of halogens is 2. The van der Waals surface area contributed by atoms with Crippen LogP contribution in [0.15, 0.2) is 30.5 Å². The Bertz CT molecular complexity index is 566. The average Bonchev–Trinajstić information content (AvgIpc) is 2.81. The van der Waals surface area contributed by atoms with Gasteiger partial charge in [-0.3, -0.25) is 4.68 Å². The molecule has 0 spiro atoms. The number of aromatic nitrogens is 2. The number of nitrogens with zero attached hydrogens (tertiary/aromatic N) is 2. The fraction of sp³-hybridized carbons (Fsp3) is 0.357. The van der Waals surface area contributed by atoms with Gasteiger partial charge in [0.25, 0.3) is 0 Å². The Morgan fingerprint density at radius 2 is 1.95 bits per heavy atom. The Hall–Kier alpha value is -1.03. The molecule has 0 saturated carbocycles. The van der Waals surface area contributed by atoms with Crippen molar-refractivity contribution in [3.63, 3.8) is 0 Å². The molecule has 0 aliphatic carbocycles. The van der Waals surface area contributed by atoms with E-state index in [0.717, 1.165) is 11.3 Å². The molecule has 0 fully saturated rings. The van der Waals surface area contributed by atoms with E-state index in [4.69, 9.17) is 23.2 Å². The van der Waals surface area contributed by atoms with E-state index >= 15 is 0 Å². The van der Waals surface area contributed by atoms with Crippen molar-refractivity contribution >= 4 is 23.2 Å². The maximum absolute atomic E-state index is 10.2. The van der Waals surface area contributed by atoms with Crippen LogP contribution in [0.4, 0.5) is 0 Å². The third-order valence-electron chi connectivity index (χ3n) is 2.92. The molecule has 0 aliphatic heterocycles. The first-order valence-corrected chi connectivity index (χ1v) is 6.90. The van der Waals surface area contributed by atoms with Crippen LogP contribution in [-0.2, 0) is 6.42 Å². The zero-order chi connectivity index (χ0) is 14.0. The summed E-state index contributed by atoms with van der Waals surface area (Å²) in [4.78, 5) is 0. The van der Waals surface area contributed by atoms with E-state index < -0.39 is 6.10 Å². The predicted octanol–water partition coefficient (Wildman–Crippen LogP) is 4.05. The van der Waals surface area contributed by atoms with Crippen LogP contribution in [0.25, 0.3) is 0 Å². The Labute approximate surface area is 122 Å². The molecule has 1 unspecified atom stereocenters. The molecule has 0 bridgehead atoms. The van der Waals surface area contributed by atoms with Crippen molar-refractivity contribution < 1.29 is 5.11 Å². The van der Waals surface area contributed by atoms with Crippen LogP contribution in [0.1, 0.15) is 37.3 Å². The molecule has 102 valence electrons. The molecule has 1 aromatic heterocycles. The van der Waals surface area contributed by atoms with Crippen LogP contribution in [0.2, 0.25) is 10.0 Å². The Morgan fingerprint density at radius 3 is 2.53 bits per heavy atom.